The summed E-state index contributed by atoms with van der Waals surface area (Å²) < 4.78 is 4.89. The zero-order valence-corrected chi connectivity index (χ0v) is 9.28. The highest BCUT2D eigenvalue weighted by Crippen LogP contribution is 2.26. The van der Waals surface area contributed by atoms with Crippen molar-refractivity contribution in [3.05, 3.63) is 29.3 Å². The molecule has 0 saturated heterocycles. The van der Waals surface area contributed by atoms with E-state index in [0.29, 0.717) is 6.61 Å². The Labute approximate surface area is 89.7 Å². The van der Waals surface area contributed by atoms with E-state index in [0.717, 1.165) is 11.1 Å². The van der Waals surface area contributed by atoms with Crippen molar-refractivity contribution >= 4 is 5.97 Å². The van der Waals surface area contributed by atoms with Crippen LogP contribution in [0.4, 0.5) is 0 Å². The molecule has 0 aromatic heterocycles. The van der Waals surface area contributed by atoms with Crippen molar-refractivity contribution in [3.8, 4) is 5.75 Å². The fraction of sp³-hybridized carbons (Fsp3) is 0.417. The van der Waals surface area contributed by atoms with Crippen molar-refractivity contribution in [3.63, 3.8) is 0 Å². The monoisotopic (exact) mass is 208 g/mol. The summed E-state index contributed by atoms with van der Waals surface area (Å²) in [6, 6.07) is 5.50. The van der Waals surface area contributed by atoms with Gasteiger partial charge in [-0.2, -0.15) is 0 Å². The summed E-state index contributed by atoms with van der Waals surface area (Å²) in [5.41, 5.74) is 1.82. The molecule has 1 atom stereocenters. The Bertz CT molecular complexity index is 358. The first kappa shape index (κ1) is 11.6. The molecule has 1 unspecified atom stereocenters. The average molecular weight is 208 g/mol. The number of hydrogen-bond donors (Lipinski definition) is 1. The molecule has 0 amide bonds. The molecule has 1 aromatic carbocycles. The first-order valence-corrected chi connectivity index (χ1v) is 4.93. The van der Waals surface area contributed by atoms with Crippen LogP contribution in [0.1, 0.15) is 30.9 Å². The van der Waals surface area contributed by atoms with E-state index < -0.39 is 0 Å². The standard InChI is InChI=1S/C12H16O3/c1-8-4-5-11(12(14)6-8)9(2)7-15-10(3)13/h4-6,9,14H,7H2,1-3H3. The maximum atomic E-state index is 10.6. The van der Waals surface area contributed by atoms with Gasteiger partial charge in [0.15, 0.2) is 0 Å². The maximum absolute atomic E-state index is 10.6. The largest absolute Gasteiger partial charge is 0.508 e. The molecule has 0 aliphatic carbocycles. The predicted molar refractivity (Wildman–Crippen MR) is 57.9 cm³/mol. The molecule has 15 heavy (non-hydrogen) atoms. The normalized spacial score (nSPS) is 12.2. The average Bonchev–Trinajstić information content (AvgIpc) is 2.14. The second-order valence-electron chi connectivity index (χ2n) is 3.77. The quantitative estimate of drug-likeness (QED) is 0.776. The Balaban J connectivity index is 2.73. The molecule has 0 bridgehead atoms. The van der Waals surface area contributed by atoms with Gasteiger partial charge >= 0.3 is 5.97 Å². The number of aryl methyl sites for hydroxylation is 1. The highest BCUT2D eigenvalue weighted by Gasteiger charge is 2.11. The van der Waals surface area contributed by atoms with Crippen LogP contribution >= 0.6 is 0 Å². The molecule has 0 saturated carbocycles. The van der Waals surface area contributed by atoms with E-state index >= 15 is 0 Å². The highest BCUT2D eigenvalue weighted by atomic mass is 16.5. The molecule has 0 spiro atoms. The van der Waals surface area contributed by atoms with Crippen molar-refractivity contribution in [1.29, 1.82) is 0 Å². The molecule has 3 nitrogen and oxygen atoms in total. The molecule has 82 valence electrons. The first-order chi connectivity index (χ1) is 7.00. The molecule has 0 aliphatic heterocycles. The van der Waals surface area contributed by atoms with Crippen LogP contribution in [-0.4, -0.2) is 17.7 Å². The Kier molecular flexibility index (Phi) is 3.72. The van der Waals surface area contributed by atoms with Crippen molar-refractivity contribution < 1.29 is 14.6 Å². The number of hydrogen-bond acceptors (Lipinski definition) is 3. The van der Waals surface area contributed by atoms with Crippen molar-refractivity contribution in [2.75, 3.05) is 6.61 Å². The van der Waals surface area contributed by atoms with E-state index in [-0.39, 0.29) is 17.6 Å². The van der Waals surface area contributed by atoms with Crippen molar-refractivity contribution in [2.45, 2.75) is 26.7 Å². The van der Waals surface area contributed by atoms with Crippen LogP contribution in [0.5, 0.6) is 5.75 Å². The number of phenolic OH excluding ortho intramolecular Hbond substituents is 1. The second-order valence-corrected chi connectivity index (χ2v) is 3.77. The third-order valence-electron chi connectivity index (χ3n) is 2.25. The SMILES string of the molecule is CC(=O)OCC(C)c1ccc(C)cc1O. The highest BCUT2D eigenvalue weighted by molar-refractivity contribution is 5.66. The molecule has 1 rings (SSSR count). The van der Waals surface area contributed by atoms with Gasteiger partial charge in [-0.1, -0.05) is 19.1 Å². The Morgan fingerprint density at radius 1 is 1.53 bits per heavy atom. The lowest BCUT2D eigenvalue weighted by atomic mass is 10.00. The van der Waals surface area contributed by atoms with Crippen LogP contribution in [0.15, 0.2) is 18.2 Å². The lowest BCUT2D eigenvalue weighted by Gasteiger charge is -2.13. The minimum atomic E-state index is -0.298. The van der Waals surface area contributed by atoms with Gasteiger partial charge in [-0.05, 0) is 18.6 Å². The Hall–Kier alpha value is -1.51. The molecule has 0 radical (unpaired) electrons. The van der Waals surface area contributed by atoms with Gasteiger partial charge in [0.2, 0.25) is 0 Å². The fourth-order valence-corrected chi connectivity index (χ4v) is 1.40. The van der Waals surface area contributed by atoms with Gasteiger partial charge in [0.25, 0.3) is 0 Å². The summed E-state index contributed by atoms with van der Waals surface area (Å²) in [5.74, 6) is -0.0300. The smallest absolute Gasteiger partial charge is 0.302 e. The summed E-state index contributed by atoms with van der Waals surface area (Å²) in [6.07, 6.45) is 0. The second kappa shape index (κ2) is 4.82. The maximum Gasteiger partial charge on any atom is 0.302 e. The third kappa shape index (κ3) is 3.27. The van der Waals surface area contributed by atoms with Gasteiger partial charge in [0, 0.05) is 18.4 Å². The summed E-state index contributed by atoms with van der Waals surface area (Å²) >= 11 is 0. The zero-order valence-electron chi connectivity index (χ0n) is 9.28. The summed E-state index contributed by atoms with van der Waals surface area (Å²) in [7, 11) is 0. The zero-order chi connectivity index (χ0) is 11.4. The van der Waals surface area contributed by atoms with Crippen molar-refractivity contribution in [2.24, 2.45) is 0 Å². The topological polar surface area (TPSA) is 46.5 Å². The van der Waals surface area contributed by atoms with E-state index in [1.165, 1.54) is 6.92 Å². The molecular weight excluding hydrogens is 192 g/mol. The van der Waals surface area contributed by atoms with E-state index in [9.17, 15) is 9.90 Å². The van der Waals surface area contributed by atoms with E-state index in [4.69, 9.17) is 4.74 Å². The lowest BCUT2D eigenvalue weighted by Crippen LogP contribution is -2.08. The van der Waals surface area contributed by atoms with Crippen molar-refractivity contribution in [1.82, 2.24) is 0 Å². The summed E-state index contributed by atoms with van der Waals surface area (Å²) in [5, 5.41) is 9.69. The molecule has 0 heterocycles. The first-order valence-electron chi connectivity index (χ1n) is 4.93. The van der Waals surface area contributed by atoms with E-state index in [1.54, 1.807) is 6.07 Å². The summed E-state index contributed by atoms with van der Waals surface area (Å²) in [6.45, 7) is 5.50. The Morgan fingerprint density at radius 3 is 2.73 bits per heavy atom. The van der Waals surface area contributed by atoms with Gasteiger partial charge in [-0.3, -0.25) is 4.79 Å². The van der Waals surface area contributed by atoms with Crippen LogP contribution < -0.4 is 0 Å². The number of ether oxygens (including phenoxy) is 1. The molecule has 0 aliphatic rings. The number of benzene rings is 1. The summed E-state index contributed by atoms with van der Waals surface area (Å²) in [4.78, 5) is 10.6. The van der Waals surface area contributed by atoms with Gasteiger partial charge in [-0.25, -0.2) is 0 Å². The van der Waals surface area contributed by atoms with Gasteiger partial charge in [-0.15, -0.1) is 0 Å². The van der Waals surface area contributed by atoms with Crippen LogP contribution in [0.2, 0.25) is 0 Å². The van der Waals surface area contributed by atoms with Crippen LogP contribution in [0.3, 0.4) is 0 Å². The number of phenols is 1. The fourth-order valence-electron chi connectivity index (χ4n) is 1.40. The van der Waals surface area contributed by atoms with E-state index in [2.05, 4.69) is 0 Å². The van der Waals surface area contributed by atoms with Crippen LogP contribution in [0, 0.1) is 6.92 Å². The number of carbonyl (C=O) groups excluding carboxylic acids is 1. The number of esters is 1. The van der Waals surface area contributed by atoms with Gasteiger partial charge < -0.3 is 9.84 Å². The van der Waals surface area contributed by atoms with E-state index in [1.807, 2.05) is 26.0 Å². The van der Waals surface area contributed by atoms with Gasteiger partial charge in [0.1, 0.15) is 5.75 Å². The molecule has 0 fully saturated rings. The van der Waals surface area contributed by atoms with Crippen LogP contribution in [0.25, 0.3) is 0 Å². The predicted octanol–water partition coefficient (Wildman–Crippen LogP) is 2.37. The molecule has 1 aromatic rings. The lowest BCUT2D eigenvalue weighted by molar-refractivity contribution is -0.141. The minimum absolute atomic E-state index is 0.00880. The van der Waals surface area contributed by atoms with Gasteiger partial charge in [0.05, 0.1) is 6.61 Å². The van der Waals surface area contributed by atoms with Crippen LogP contribution in [-0.2, 0) is 9.53 Å². The minimum Gasteiger partial charge on any atom is -0.508 e. The third-order valence-corrected chi connectivity index (χ3v) is 2.25. The number of carbonyl (C=O) groups is 1. The number of rotatable bonds is 3. The Morgan fingerprint density at radius 2 is 2.20 bits per heavy atom. The molecule has 3 heteroatoms. The number of aromatic hydroxyl groups is 1. The molecule has 1 N–H and O–H groups in total. The molecular formula is C12H16O3.